The van der Waals surface area contributed by atoms with Gasteiger partial charge in [0.15, 0.2) is 6.29 Å². The second-order valence-electron chi connectivity index (χ2n) is 4.64. The number of carbonyl (C=O) groups is 2. The molecule has 5 nitrogen and oxygen atoms in total. The van der Waals surface area contributed by atoms with Crippen LogP contribution in [0.25, 0.3) is 11.4 Å². The standard InChI is InChI=1S/C15H16N2O3/c1-4-10-13(15(19)20)12(8-18)17(3)14(10)11-7-9(2)5-6-16-11/h5-8H,4H2,1-3H3,(H,19,20). The van der Waals surface area contributed by atoms with E-state index in [2.05, 4.69) is 4.98 Å². The van der Waals surface area contributed by atoms with E-state index in [-0.39, 0.29) is 11.3 Å². The smallest absolute Gasteiger partial charge is 0.338 e. The highest BCUT2D eigenvalue weighted by Crippen LogP contribution is 2.30. The minimum atomic E-state index is -1.08. The van der Waals surface area contributed by atoms with Gasteiger partial charge in [-0.15, -0.1) is 0 Å². The van der Waals surface area contributed by atoms with Crippen LogP contribution in [0.2, 0.25) is 0 Å². The van der Waals surface area contributed by atoms with Crippen LogP contribution in [-0.4, -0.2) is 26.9 Å². The molecule has 0 aromatic carbocycles. The molecule has 0 aliphatic carbocycles. The Morgan fingerprint density at radius 2 is 2.20 bits per heavy atom. The summed E-state index contributed by atoms with van der Waals surface area (Å²) in [4.78, 5) is 27.0. The van der Waals surface area contributed by atoms with Crippen molar-refractivity contribution in [2.75, 3.05) is 0 Å². The molecule has 104 valence electrons. The van der Waals surface area contributed by atoms with E-state index in [9.17, 15) is 14.7 Å². The number of aromatic carboxylic acids is 1. The molecule has 0 bridgehead atoms. The van der Waals surface area contributed by atoms with Gasteiger partial charge in [0, 0.05) is 13.2 Å². The Kier molecular flexibility index (Phi) is 3.70. The third-order valence-electron chi connectivity index (χ3n) is 3.38. The van der Waals surface area contributed by atoms with Crippen LogP contribution >= 0.6 is 0 Å². The quantitative estimate of drug-likeness (QED) is 0.868. The molecule has 2 aromatic rings. The third-order valence-corrected chi connectivity index (χ3v) is 3.38. The minimum absolute atomic E-state index is 0.0725. The summed E-state index contributed by atoms with van der Waals surface area (Å²) in [7, 11) is 1.69. The third kappa shape index (κ3) is 2.11. The van der Waals surface area contributed by atoms with Crippen LogP contribution < -0.4 is 0 Å². The van der Waals surface area contributed by atoms with E-state index >= 15 is 0 Å². The van der Waals surface area contributed by atoms with Gasteiger partial charge in [-0.05, 0) is 36.6 Å². The Morgan fingerprint density at radius 3 is 2.70 bits per heavy atom. The molecule has 0 radical (unpaired) electrons. The zero-order chi connectivity index (χ0) is 14.9. The van der Waals surface area contributed by atoms with Crippen molar-refractivity contribution in [1.29, 1.82) is 0 Å². The maximum absolute atomic E-state index is 11.4. The topological polar surface area (TPSA) is 72.2 Å². The van der Waals surface area contributed by atoms with Crippen LogP contribution in [0.15, 0.2) is 18.3 Å². The first kappa shape index (κ1) is 14.0. The monoisotopic (exact) mass is 272 g/mol. The maximum atomic E-state index is 11.4. The van der Waals surface area contributed by atoms with Crippen molar-refractivity contribution in [3.8, 4) is 11.4 Å². The second kappa shape index (κ2) is 5.28. The highest BCUT2D eigenvalue weighted by molar-refractivity contribution is 6.00. The van der Waals surface area contributed by atoms with Crippen molar-refractivity contribution in [2.45, 2.75) is 20.3 Å². The Hall–Kier alpha value is -2.43. The summed E-state index contributed by atoms with van der Waals surface area (Å²) in [5, 5.41) is 9.36. The number of carboxylic acid groups (broad SMARTS) is 1. The SMILES string of the molecule is CCc1c(C(=O)O)c(C=O)n(C)c1-c1cc(C)ccn1. The summed E-state index contributed by atoms with van der Waals surface area (Å²) < 4.78 is 1.61. The van der Waals surface area contributed by atoms with Gasteiger partial charge in [0.2, 0.25) is 0 Å². The first-order valence-electron chi connectivity index (χ1n) is 6.34. The summed E-state index contributed by atoms with van der Waals surface area (Å²) in [6.45, 7) is 3.81. The molecule has 0 unspecified atom stereocenters. The molecule has 0 fully saturated rings. The fourth-order valence-corrected chi connectivity index (χ4v) is 2.48. The van der Waals surface area contributed by atoms with Crippen LogP contribution in [-0.2, 0) is 13.5 Å². The first-order valence-corrected chi connectivity index (χ1v) is 6.34. The van der Waals surface area contributed by atoms with Gasteiger partial charge in [0.05, 0.1) is 22.6 Å². The van der Waals surface area contributed by atoms with Crippen LogP contribution in [0.5, 0.6) is 0 Å². The molecule has 2 heterocycles. The maximum Gasteiger partial charge on any atom is 0.338 e. The number of aryl methyl sites for hydroxylation is 1. The molecule has 0 saturated carbocycles. The lowest BCUT2D eigenvalue weighted by Gasteiger charge is -2.07. The molecular formula is C15H16N2O3. The van der Waals surface area contributed by atoms with E-state index in [4.69, 9.17) is 0 Å². The van der Waals surface area contributed by atoms with Crippen molar-refractivity contribution < 1.29 is 14.7 Å². The van der Waals surface area contributed by atoms with Crippen molar-refractivity contribution in [3.63, 3.8) is 0 Å². The van der Waals surface area contributed by atoms with E-state index < -0.39 is 5.97 Å². The molecule has 1 N–H and O–H groups in total. The molecule has 5 heteroatoms. The van der Waals surface area contributed by atoms with E-state index in [1.54, 1.807) is 17.8 Å². The highest BCUT2D eigenvalue weighted by Gasteiger charge is 2.25. The van der Waals surface area contributed by atoms with Gasteiger partial charge in [-0.1, -0.05) is 6.92 Å². The van der Waals surface area contributed by atoms with Gasteiger partial charge in [0.1, 0.15) is 0 Å². The van der Waals surface area contributed by atoms with E-state index in [0.29, 0.717) is 29.7 Å². The Bertz CT molecular complexity index is 687. The molecule has 2 aromatic heterocycles. The van der Waals surface area contributed by atoms with Gasteiger partial charge in [-0.25, -0.2) is 4.79 Å². The summed E-state index contributed by atoms with van der Waals surface area (Å²) in [6.07, 6.45) is 2.79. The van der Waals surface area contributed by atoms with E-state index in [0.717, 1.165) is 5.56 Å². The van der Waals surface area contributed by atoms with Gasteiger partial charge < -0.3 is 9.67 Å². The van der Waals surface area contributed by atoms with Gasteiger partial charge in [0.25, 0.3) is 0 Å². The summed E-state index contributed by atoms with van der Waals surface area (Å²) >= 11 is 0. The Labute approximate surface area is 116 Å². The molecular weight excluding hydrogens is 256 g/mol. The van der Waals surface area contributed by atoms with Crippen LogP contribution in [0, 0.1) is 6.92 Å². The Morgan fingerprint density at radius 1 is 1.50 bits per heavy atom. The van der Waals surface area contributed by atoms with Crippen LogP contribution in [0.1, 0.15) is 38.9 Å². The molecule has 0 aliphatic heterocycles. The average Bonchev–Trinajstić information content (AvgIpc) is 2.70. The number of pyridine rings is 1. The van der Waals surface area contributed by atoms with Gasteiger partial charge in [-0.2, -0.15) is 0 Å². The number of carboxylic acids is 1. The summed E-state index contributed by atoms with van der Waals surface area (Å²) in [6, 6.07) is 3.76. The van der Waals surface area contributed by atoms with E-state index in [1.807, 2.05) is 26.0 Å². The zero-order valence-electron chi connectivity index (χ0n) is 11.7. The summed E-state index contributed by atoms with van der Waals surface area (Å²) in [5.41, 5.74) is 3.29. The minimum Gasteiger partial charge on any atom is -0.478 e. The number of carbonyl (C=O) groups excluding carboxylic acids is 1. The normalized spacial score (nSPS) is 10.6. The largest absolute Gasteiger partial charge is 0.478 e. The second-order valence-corrected chi connectivity index (χ2v) is 4.64. The molecule has 0 amide bonds. The number of aldehydes is 1. The number of hydrogen-bond donors (Lipinski definition) is 1. The number of aromatic nitrogens is 2. The fraction of sp³-hybridized carbons (Fsp3) is 0.267. The predicted octanol–water partition coefficient (Wildman–Crippen LogP) is 2.47. The summed E-state index contributed by atoms with van der Waals surface area (Å²) in [5.74, 6) is -1.08. The molecule has 20 heavy (non-hydrogen) atoms. The number of hydrogen-bond acceptors (Lipinski definition) is 3. The molecule has 0 atom stereocenters. The van der Waals surface area contributed by atoms with Gasteiger partial charge in [-0.3, -0.25) is 9.78 Å². The van der Waals surface area contributed by atoms with Crippen molar-refractivity contribution >= 4 is 12.3 Å². The molecule has 0 saturated heterocycles. The van der Waals surface area contributed by atoms with E-state index in [1.165, 1.54) is 0 Å². The lowest BCUT2D eigenvalue weighted by Crippen LogP contribution is -2.04. The van der Waals surface area contributed by atoms with Crippen molar-refractivity contribution in [1.82, 2.24) is 9.55 Å². The lowest BCUT2D eigenvalue weighted by molar-refractivity contribution is 0.0692. The number of rotatable bonds is 4. The van der Waals surface area contributed by atoms with Crippen molar-refractivity contribution in [3.05, 3.63) is 40.7 Å². The molecule has 2 rings (SSSR count). The van der Waals surface area contributed by atoms with Crippen LogP contribution in [0.4, 0.5) is 0 Å². The lowest BCUT2D eigenvalue weighted by atomic mass is 10.0. The van der Waals surface area contributed by atoms with Gasteiger partial charge >= 0.3 is 5.97 Å². The van der Waals surface area contributed by atoms with Crippen molar-refractivity contribution in [2.24, 2.45) is 7.05 Å². The van der Waals surface area contributed by atoms with Crippen LogP contribution in [0.3, 0.4) is 0 Å². The fourth-order valence-electron chi connectivity index (χ4n) is 2.48. The highest BCUT2D eigenvalue weighted by atomic mass is 16.4. The zero-order valence-corrected chi connectivity index (χ0v) is 11.7. The molecule has 0 spiro atoms. The first-order chi connectivity index (χ1) is 9.51. The Balaban J connectivity index is 2.82. The predicted molar refractivity (Wildman–Crippen MR) is 75.1 cm³/mol. The number of nitrogens with zero attached hydrogens (tertiary/aromatic N) is 2. The average molecular weight is 272 g/mol. The molecule has 0 aliphatic rings.